The molecule has 1 heterocycles. The van der Waals surface area contributed by atoms with E-state index in [0.29, 0.717) is 12.5 Å². The van der Waals surface area contributed by atoms with Crippen molar-refractivity contribution in [3.05, 3.63) is 0 Å². The summed E-state index contributed by atoms with van der Waals surface area (Å²) < 4.78 is 0. The van der Waals surface area contributed by atoms with E-state index in [1.54, 1.807) is 0 Å². The van der Waals surface area contributed by atoms with Gasteiger partial charge in [0.25, 0.3) is 0 Å². The van der Waals surface area contributed by atoms with Gasteiger partial charge in [-0.1, -0.05) is 12.8 Å². The summed E-state index contributed by atoms with van der Waals surface area (Å²) in [4.78, 5) is 2.57. The summed E-state index contributed by atoms with van der Waals surface area (Å²) in [6, 6.07) is 0.740. The highest BCUT2D eigenvalue weighted by Gasteiger charge is 2.46. The van der Waals surface area contributed by atoms with Crippen LogP contribution in [-0.4, -0.2) is 41.3 Å². The minimum atomic E-state index is -0.596. The van der Waals surface area contributed by atoms with Gasteiger partial charge in [0.15, 0.2) is 0 Å². The second-order valence-electron chi connectivity index (χ2n) is 6.81. The fourth-order valence-electron chi connectivity index (χ4n) is 4.26. The van der Waals surface area contributed by atoms with Crippen LogP contribution in [0.5, 0.6) is 0 Å². The van der Waals surface area contributed by atoms with Crippen LogP contribution in [0.2, 0.25) is 0 Å². The molecule has 0 radical (unpaired) electrons. The lowest BCUT2D eigenvalue weighted by atomic mass is 9.93. The molecule has 0 aromatic heterocycles. The third-order valence-corrected chi connectivity index (χ3v) is 5.53. The maximum atomic E-state index is 10.7. The van der Waals surface area contributed by atoms with Crippen LogP contribution in [0.15, 0.2) is 0 Å². The average Bonchev–Trinajstić information content (AvgIpc) is 2.92. The molecular weight excluding hydrogens is 224 g/mol. The van der Waals surface area contributed by atoms with Crippen LogP contribution >= 0.6 is 0 Å². The summed E-state index contributed by atoms with van der Waals surface area (Å²) in [6.07, 6.45) is 10.7. The Bertz CT molecular complexity index is 286. The molecule has 0 aromatic rings. The maximum absolute atomic E-state index is 10.7. The Balaban J connectivity index is 1.63. The summed E-state index contributed by atoms with van der Waals surface area (Å²) in [6.45, 7) is 2.44. The first-order valence-electron chi connectivity index (χ1n) is 7.89. The van der Waals surface area contributed by atoms with E-state index in [1.807, 2.05) is 0 Å². The predicted octanol–water partition coefficient (Wildman–Crippen LogP) is 1.74. The van der Waals surface area contributed by atoms with Gasteiger partial charge in [-0.2, -0.15) is 0 Å². The molecule has 0 spiro atoms. The van der Waals surface area contributed by atoms with Gasteiger partial charge in [0.1, 0.15) is 0 Å². The van der Waals surface area contributed by atoms with E-state index in [9.17, 15) is 5.11 Å². The summed E-state index contributed by atoms with van der Waals surface area (Å²) in [5.74, 6) is 1.38. The SMILES string of the molecule is NCC(O)(CN1CCCC1C1CCCC1)C1CC1. The van der Waals surface area contributed by atoms with Crippen molar-refractivity contribution in [2.75, 3.05) is 19.6 Å². The van der Waals surface area contributed by atoms with E-state index in [1.165, 1.54) is 57.9 Å². The molecule has 104 valence electrons. The van der Waals surface area contributed by atoms with Crippen molar-refractivity contribution in [3.8, 4) is 0 Å². The Morgan fingerprint density at radius 2 is 1.78 bits per heavy atom. The molecular formula is C15H28N2O. The molecule has 2 saturated carbocycles. The highest BCUT2D eigenvalue weighted by molar-refractivity contribution is 5.00. The highest BCUT2D eigenvalue weighted by Crippen LogP contribution is 2.42. The first-order chi connectivity index (χ1) is 8.73. The van der Waals surface area contributed by atoms with E-state index in [2.05, 4.69) is 4.90 Å². The molecule has 2 atom stereocenters. The van der Waals surface area contributed by atoms with Crippen molar-refractivity contribution in [2.24, 2.45) is 17.6 Å². The Morgan fingerprint density at radius 3 is 2.39 bits per heavy atom. The average molecular weight is 252 g/mol. The zero-order valence-electron chi connectivity index (χ0n) is 11.5. The van der Waals surface area contributed by atoms with Crippen LogP contribution in [0, 0.1) is 11.8 Å². The van der Waals surface area contributed by atoms with E-state index < -0.39 is 5.60 Å². The fraction of sp³-hybridized carbons (Fsp3) is 1.00. The number of hydrogen-bond acceptors (Lipinski definition) is 3. The molecule has 1 aliphatic heterocycles. The van der Waals surface area contributed by atoms with E-state index >= 15 is 0 Å². The molecule has 3 aliphatic rings. The quantitative estimate of drug-likeness (QED) is 0.783. The maximum Gasteiger partial charge on any atom is 0.0923 e. The van der Waals surface area contributed by atoms with Crippen molar-refractivity contribution < 1.29 is 5.11 Å². The Labute approximate surface area is 111 Å². The molecule has 0 amide bonds. The second kappa shape index (κ2) is 5.10. The van der Waals surface area contributed by atoms with Crippen LogP contribution in [0.25, 0.3) is 0 Å². The molecule has 1 saturated heterocycles. The lowest BCUT2D eigenvalue weighted by Gasteiger charge is -2.36. The van der Waals surface area contributed by atoms with E-state index in [-0.39, 0.29) is 0 Å². The number of nitrogens with zero attached hydrogens (tertiary/aromatic N) is 1. The number of rotatable bonds is 5. The monoisotopic (exact) mass is 252 g/mol. The molecule has 3 rings (SSSR count). The van der Waals surface area contributed by atoms with Crippen LogP contribution < -0.4 is 5.73 Å². The topological polar surface area (TPSA) is 49.5 Å². The second-order valence-corrected chi connectivity index (χ2v) is 6.81. The first-order valence-corrected chi connectivity index (χ1v) is 7.89. The predicted molar refractivity (Wildman–Crippen MR) is 73.3 cm³/mol. The lowest BCUT2D eigenvalue weighted by Crippen LogP contribution is -2.52. The number of aliphatic hydroxyl groups is 1. The zero-order chi connectivity index (χ0) is 12.6. The van der Waals surface area contributed by atoms with Gasteiger partial charge in [0.2, 0.25) is 0 Å². The van der Waals surface area contributed by atoms with Crippen LogP contribution in [0.3, 0.4) is 0 Å². The molecule has 2 unspecified atom stereocenters. The third-order valence-electron chi connectivity index (χ3n) is 5.53. The molecule has 3 heteroatoms. The molecule has 0 bridgehead atoms. The third kappa shape index (κ3) is 2.45. The summed E-state index contributed by atoms with van der Waals surface area (Å²) >= 11 is 0. The largest absolute Gasteiger partial charge is 0.387 e. The Kier molecular flexibility index (Phi) is 3.65. The van der Waals surface area contributed by atoms with Crippen molar-refractivity contribution in [1.82, 2.24) is 4.90 Å². The van der Waals surface area contributed by atoms with E-state index in [4.69, 9.17) is 5.73 Å². The summed E-state index contributed by atoms with van der Waals surface area (Å²) in [7, 11) is 0. The molecule has 2 aliphatic carbocycles. The van der Waals surface area contributed by atoms with Crippen molar-refractivity contribution in [2.45, 2.75) is 63.0 Å². The lowest BCUT2D eigenvalue weighted by molar-refractivity contribution is -0.0170. The van der Waals surface area contributed by atoms with Crippen molar-refractivity contribution in [1.29, 1.82) is 0 Å². The number of likely N-dealkylation sites (tertiary alicyclic amines) is 1. The van der Waals surface area contributed by atoms with Crippen molar-refractivity contribution >= 4 is 0 Å². The van der Waals surface area contributed by atoms with Gasteiger partial charge in [-0.25, -0.2) is 0 Å². The van der Waals surface area contributed by atoms with Gasteiger partial charge in [-0.05, 0) is 56.9 Å². The van der Waals surface area contributed by atoms with Crippen LogP contribution in [-0.2, 0) is 0 Å². The molecule has 3 fully saturated rings. The minimum Gasteiger partial charge on any atom is -0.387 e. The fourth-order valence-corrected chi connectivity index (χ4v) is 4.26. The van der Waals surface area contributed by atoms with Gasteiger partial charge in [0.05, 0.1) is 5.60 Å². The summed E-state index contributed by atoms with van der Waals surface area (Å²) in [5, 5.41) is 10.7. The molecule has 3 nitrogen and oxygen atoms in total. The van der Waals surface area contributed by atoms with Gasteiger partial charge in [-0.3, -0.25) is 4.90 Å². The van der Waals surface area contributed by atoms with Gasteiger partial charge in [0, 0.05) is 19.1 Å². The first kappa shape index (κ1) is 12.9. The van der Waals surface area contributed by atoms with Gasteiger partial charge < -0.3 is 10.8 Å². The number of hydrogen-bond donors (Lipinski definition) is 2. The number of nitrogens with two attached hydrogens (primary N) is 1. The normalized spacial score (nSPS) is 34.0. The van der Waals surface area contributed by atoms with Crippen LogP contribution in [0.4, 0.5) is 0 Å². The van der Waals surface area contributed by atoms with E-state index in [0.717, 1.165) is 18.5 Å². The molecule has 18 heavy (non-hydrogen) atoms. The van der Waals surface area contributed by atoms with Crippen molar-refractivity contribution in [3.63, 3.8) is 0 Å². The zero-order valence-corrected chi connectivity index (χ0v) is 11.5. The van der Waals surface area contributed by atoms with Crippen LogP contribution in [0.1, 0.15) is 51.4 Å². The molecule has 3 N–H and O–H groups in total. The summed E-state index contributed by atoms with van der Waals surface area (Å²) in [5.41, 5.74) is 5.25. The minimum absolute atomic E-state index is 0.436. The smallest absolute Gasteiger partial charge is 0.0923 e. The van der Waals surface area contributed by atoms with Gasteiger partial charge in [-0.15, -0.1) is 0 Å². The van der Waals surface area contributed by atoms with Gasteiger partial charge >= 0.3 is 0 Å². The standard InChI is InChI=1S/C15H28N2O/c16-10-15(18,13-7-8-13)11-17-9-3-6-14(17)12-4-1-2-5-12/h12-14,18H,1-11,16H2. The highest BCUT2D eigenvalue weighted by atomic mass is 16.3. The molecule has 0 aromatic carbocycles. The Morgan fingerprint density at radius 1 is 1.06 bits per heavy atom. The Hall–Kier alpha value is -0.120. The number of β-amino-alcohol motifs (C(OH)–C–C–N with tert-alkyl or cyclic N) is 1.